The standard InChI is InChI=1S/C17H23N5O3/c1-4-24-16(23)14-9-18-17(20-11(14)2)21-13-5-6-25-15(7-13)12-8-19-22(3)10-12/h8-10,13,15H,4-7H2,1-3H3,(H,18,20,21)/t13-,15-/m1/s1. The smallest absolute Gasteiger partial charge is 0.341 e. The van der Waals surface area contributed by atoms with E-state index in [1.54, 1.807) is 18.5 Å². The molecule has 1 aliphatic heterocycles. The number of rotatable bonds is 5. The monoisotopic (exact) mass is 345 g/mol. The number of nitrogens with one attached hydrogen (secondary N) is 1. The molecule has 1 fully saturated rings. The van der Waals surface area contributed by atoms with Gasteiger partial charge in [-0.3, -0.25) is 4.68 Å². The molecule has 0 saturated carbocycles. The van der Waals surface area contributed by atoms with Gasteiger partial charge in [0.05, 0.1) is 30.2 Å². The largest absolute Gasteiger partial charge is 0.462 e. The molecule has 1 N–H and O–H groups in total. The maximum absolute atomic E-state index is 11.8. The number of carbonyl (C=O) groups is 1. The molecule has 0 amide bonds. The fourth-order valence-corrected chi connectivity index (χ4v) is 2.90. The van der Waals surface area contributed by atoms with Gasteiger partial charge < -0.3 is 14.8 Å². The zero-order valence-electron chi connectivity index (χ0n) is 14.7. The molecular formula is C17H23N5O3. The van der Waals surface area contributed by atoms with Crippen molar-refractivity contribution >= 4 is 11.9 Å². The lowest BCUT2D eigenvalue weighted by Gasteiger charge is -2.29. The van der Waals surface area contributed by atoms with Crippen LogP contribution in [-0.4, -0.2) is 45.0 Å². The molecule has 134 valence electrons. The molecule has 8 heteroatoms. The molecule has 2 atom stereocenters. The van der Waals surface area contributed by atoms with Crippen molar-refractivity contribution in [2.24, 2.45) is 7.05 Å². The highest BCUT2D eigenvalue weighted by atomic mass is 16.5. The Kier molecular flexibility index (Phi) is 5.28. The van der Waals surface area contributed by atoms with Crippen LogP contribution in [0.5, 0.6) is 0 Å². The Morgan fingerprint density at radius 3 is 3.00 bits per heavy atom. The Balaban J connectivity index is 1.65. The number of aromatic nitrogens is 4. The van der Waals surface area contributed by atoms with E-state index in [4.69, 9.17) is 9.47 Å². The van der Waals surface area contributed by atoms with E-state index >= 15 is 0 Å². The van der Waals surface area contributed by atoms with Gasteiger partial charge >= 0.3 is 5.97 Å². The van der Waals surface area contributed by atoms with Gasteiger partial charge in [-0.2, -0.15) is 5.10 Å². The number of anilines is 1. The second-order valence-corrected chi connectivity index (χ2v) is 6.09. The van der Waals surface area contributed by atoms with Crippen molar-refractivity contribution in [3.8, 4) is 0 Å². The Labute approximate surface area is 146 Å². The van der Waals surface area contributed by atoms with Crippen LogP contribution < -0.4 is 5.32 Å². The summed E-state index contributed by atoms with van der Waals surface area (Å²) in [5.74, 6) is 0.122. The quantitative estimate of drug-likeness (QED) is 0.829. The highest BCUT2D eigenvalue weighted by Crippen LogP contribution is 2.29. The summed E-state index contributed by atoms with van der Waals surface area (Å²) in [6, 6.07) is 0.201. The van der Waals surface area contributed by atoms with E-state index in [0.29, 0.717) is 30.4 Å². The molecule has 2 aromatic rings. The van der Waals surface area contributed by atoms with Crippen molar-refractivity contribution in [3.05, 3.63) is 35.4 Å². The van der Waals surface area contributed by atoms with E-state index in [1.807, 2.05) is 19.4 Å². The van der Waals surface area contributed by atoms with Crippen molar-refractivity contribution in [1.82, 2.24) is 19.7 Å². The minimum atomic E-state index is -0.394. The van der Waals surface area contributed by atoms with Crippen LogP contribution in [0.3, 0.4) is 0 Å². The fraction of sp³-hybridized carbons (Fsp3) is 0.529. The van der Waals surface area contributed by atoms with Gasteiger partial charge in [0.2, 0.25) is 5.95 Å². The Bertz CT molecular complexity index is 746. The first-order chi connectivity index (χ1) is 12.1. The Hall–Kier alpha value is -2.48. The molecule has 3 heterocycles. The predicted octanol–water partition coefficient (Wildman–Crippen LogP) is 2.03. The van der Waals surface area contributed by atoms with Gasteiger partial charge in [0, 0.05) is 37.7 Å². The summed E-state index contributed by atoms with van der Waals surface area (Å²) in [6.45, 7) is 4.54. The highest BCUT2D eigenvalue weighted by molar-refractivity contribution is 5.90. The molecule has 1 aliphatic rings. The Morgan fingerprint density at radius 1 is 1.48 bits per heavy atom. The second-order valence-electron chi connectivity index (χ2n) is 6.09. The summed E-state index contributed by atoms with van der Waals surface area (Å²) in [6.07, 6.45) is 7.02. The molecule has 0 aromatic carbocycles. The van der Waals surface area contributed by atoms with Crippen LogP contribution in [-0.2, 0) is 16.5 Å². The molecule has 8 nitrogen and oxygen atoms in total. The van der Waals surface area contributed by atoms with Crippen LogP contribution in [0.2, 0.25) is 0 Å². The molecule has 0 spiro atoms. The van der Waals surface area contributed by atoms with Gasteiger partial charge in [-0.05, 0) is 26.7 Å². The summed E-state index contributed by atoms with van der Waals surface area (Å²) in [5.41, 5.74) is 2.07. The lowest BCUT2D eigenvalue weighted by atomic mass is 10.00. The predicted molar refractivity (Wildman–Crippen MR) is 91.3 cm³/mol. The number of ether oxygens (including phenoxy) is 2. The number of hydrogen-bond acceptors (Lipinski definition) is 7. The summed E-state index contributed by atoms with van der Waals surface area (Å²) >= 11 is 0. The van der Waals surface area contributed by atoms with Gasteiger partial charge in [0.25, 0.3) is 0 Å². The van der Waals surface area contributed by atoms with Gasteiger partial charge in [0.1, 0.15) is 0 Å². The summed E-state index contributed by atoms with van der Waals surface area (Å²) in [4.78, 5) is 20.5. The molecule has 3 rings (SSSR count). The van der Waals surface area contributed by atoms with E-state index < -0.39 is 5.97 Å². The molecule has 25 heavy (non-hydrogen) atoms. The van der Waals surface area contributed by atoms with Gasteiger partial charge in [0.15, 0.2) is 0 Å². The van der Waals surface area contributed by atoms with Crippen molar-refractivity contribution in [3.63, 3.8) is 0 Å². The fourth-order valence-electron chi connectivity index (χ4n) is 2.90. The third kappa shape index (κ3) is 4.14. The van der Waals surface area contributed by atoms with E-state index in [1.165, 1.54) is 6.20 Å². The topological polar surface area (TPSA) is 91.2 Å². The van der Waals surface area contributed by atoms with Crippen LogP contribution in [0.15, 0.2) is 18.6 Å². The number of esters is 1. The van der Waals surface area contributed by atoms with Gasteiger partial charge in [-0.15, -0.1) is 0 Å². The average molecular weight is 345 g/mol. The lowest BCUT2D eigenvalue weighted by molar-refractivity contribution is 0.00965. The van der Waals surface area contributed by atoms with Crippen LogP contribution >= 0.6 is 0 Å². The third-order valence-corrected chi connectivity index (χ3v) is 4.19. The zero-order valence-corrected chi connectivity index (χ0v) is 14.7. The molecule has 0 aliphatic carbocycles. The lowest BCUT2D eigenvalue weighted by Crippen LogP contribution is -2.30. The number of carbonyl (C=O) groups excluding carboxylic acids is 1. The van der Waals surface area contributed by atoms with E-state index in [-0.39, 0.29) is 12.1 Å². The molecule has 0 unspecified atom stereocenters. The maximum Gasteiger partial charge on any atom is 0.341 e. The highest BCUT2D eigenvalue weighted by Gasteiger charge is 2.25. The SMILES string of the molecule is CCOC(=O)c1cnc(N[C@@H]2CCO[C@@H](c3cnn(C)c3)C2)nc1C. The van der Waals surface area contributed by atoms with Crippen molar-refractivity contribution in [1.29, 1.82) is 0 Å². The minimum Gasteiger partial charge on any atom is -0.462 e. The number of nitrogens with zero attached hydrogens (tertiary/aromatic N) is 4. The van der Waals surface area contributed by atoms with Crippen LogP contribution in [0.1, 0.15) is 47.5 Å². The summed E-state index contributed by atoms with van der Waals surface area (Å²) in [5, 5.41) is 7.55. The molecule has 0 radical (unpaired) electrons. The van der Waals surface area contributed by atoms with Crippen molar-refractivity contribution in [2.45, 2.75) is 38.8 Å². The molecular weight excluding hydrogens is 322 g/mol. The minimum absolute atomic E-state index is 0.0138. The first kappa shape index (κ1) is 17.3. The number of hydrogen-bond donors (Lipinski definition) is 1. The van der Waals surface area contributed by atoms with Crippen LogP contribution in [0.4, 0.5) is 5.95 Å². The maximum atomic E-state index is 11.8. The summed E-state index contributed by atoms with van der Waals surface area (Å²) < 4.78 is 12.6. The van der Waals surface area contributed by atoms with Gasteiger partial charge in [-0.1, -0.05) is 0 Å². The summed E-state index contributed by atoms with van der Waals surface area (Å²) in [7, 11) is 1.89. The van der Waals surface area contributed by atoms with Crippen LogP contribution in [0, 0.1) is 6.92 Å². The Morgan fingerprint density at radius 2 is 2.32 bits per heavy atom. The first-order valence-electron chi connectivity index (χ1n) is 8.44. The van der Waals surface area contributed by atoms with E-state index in [2.05, 4.69) is 20.4 Å². The first-order valence-corrected chi connectivity index (χ1v) is 8.44. The zero-order chi connectivity index (χ0) is 17.8. The molecule has 1 saturated heterocycles. The van der Waals surface area contributed by atoms with Crippen LogP contribution in [0.25, 0.3) is 0 Å². The molecule has 2 aromatic heterocycles. The average Bonchev–Trinajstić information content (AvgIpc) is 3.02. The van der Waals surface area contributed by atoms with Crippen molar-refractivity contribution < 1.29 is 14.3 Å². The van der Waals surface area contributed by atoms with Crippen molar-refractivity contribution in [2.75, 3.05) is 18.5 Å². The molecule has 0 bridgehead atoms. The second kappa shape index (κ2) is 7.60. The normalized spacial score (nSPS) is 20.3. The third-order valence-electron chi connectivity index (χ3n) is 4.19. The number of aryl methyl sites for hydroxylation is 2. The van der Waals surface area contributed by atoms with E-state index in [0.717, 1.165) is 18.4 Å². The van der Waals surface area contributed by atoms with Gasteiger partial charge in [-0.25, -0.2) is 14.8 Å². The van der Waals surface area contributed by atoms with E-state index in [9.17, 15) is 4.79 Å².